The van der Waals surface area contributed by atoms with Crippen LogP contribution in [0.3, 0.4) is 0 Å². The number of fused-ring (bicyclic) bond motifs is 3. The third-order valence-electron chi connectivity index (χ3n) is 4.33. The Morgan fingerprint density at radius 2 is 1.81 bits per heavy atom. The smallest absolute Gasteiger partial charge is 0.185 e. The van der Waals surface area contributed by atoms with Crippen molar-refractivity contribution < 1.29 is 0 Å². The maximum absolute atomic E-state index is 6.33. The molecule has 1 fully saturated rings. The minimum atomic E-state index is 0.404. The highest BCUT2D eigenvalue weighted by Gasteiger charge is 2.24. The highest BCUT2D eigenvalue weighted by Crippen LogP contribution is 2.29. The van der Waals surface area contributed by atoms with Crippen molar-refractivity contribution in [1.82, 2.24) is 24.7 Å². The molecule has 1 aliphatic rings. The zero-order chi connectivity index (χ0) is 14.4. The van der Waals surface area contributed by atoms with Gasteiger partial charge in [-0.25, -0.2) is 0 Å². The predicted molar refractivity (Wildman–Crippen MR) is 82.8 cm³/mol. The summed E-state index contributed by atoms with van der Waals surface area (Å²) in [6.07, 6.45) is 2.17. The molecular weight excluding hydrogens is 286 g/mol. The average molecular weight is 302 g/mol. The number of rotatable bonds is 1. The number of piperidine rings is 1. The third-order valence-corrected chi connectivity index (χ3v) is 4.61. The second-order valence-corrected chi connectivity index (χ2v) is 6.07. The molecule has 4 rings (SSSR count). The molecule has 0 N–H and O–H groups in total. The molecule has 0 aliphatic carbocycles. The van der Waals surface area contributed by atoms with Gasteiger partial charge >= 0.3 is 0 Å². The van der Waals surface area contributed by atoms with Crippen molar-refractivity contribution in [3.8, 4) is 0 Å². The van der Waals surface area contributed by atoms with Crippen LogP contribution < -0.4 is 0 Å². The molecule has 0 bridgehead atoms. The molecule has 0 amide bonds. The summed E-state index contributed by atoms with van der Waals surface area (Å²) in [5.41, 5.74) is 0.795. The zero-order valence-electron chi connectivity index (χ0n) is 11.8. The van der Waals surface area contributed by atoms with Gasteiger partial charge in [0.1, 0.15) is 0 Å². The Morgan fingerprint density at radius 3 is 2.57 bits per heavy atom. The van der Waals surface area contributed by atoms with Crippen LogP contribution in [0.15, 0.2) is 24.3 Å². The van der Waals surface area contributed by atoms with Crippen molar-refractivity contribution in [3.05, 3.63) is 35.2 Å². The quantitative estimate of drug-likeness (QED) is 0.693. The second-order valence-electron chi connectivity index (χ2n) is 5.71. The van der Waals surface area contributed by atoms with E-state index < -0.39 is 0 Å². The predicted octanol–water partition coefficient (Wildman–Crippen LogP) is 2.74. The van der Waals surface area contributed by atoms with Crippen molar-refractivity contribution in [2.75, 3.05) is 20.1 Å². The van der Waals surface area contributed by atoms with Crippen molar-refractivity contribution in [2.45, 2.75) is 18.8 Å². The summed E-state index contributed by atoms with van der Waals surface area (Å²) < 4.78 is 1.83. The molecule has 3 aromatic rings. The fourth-order valence-corrected chi connectivity index (χ4v) is 3.32. The van der Waals surface area contributed by atoms with Gasteiger partial charge in [0.25, 0.3) is 0 Å². The van der Waals surface area contributed by atoms with Crippen LogP contribution in [-0.2, 0) is 0 Å². The van der Waals surface area contributed by atoms with Gasteiger partial charge in [-0.05, 0) is 33.0 Å². The van der Waals surface area contributed by atoms with E-state index in [2.05, 4.69) is 27.2 Å². The molecule has 0 unspecified atom stereocenters. The Labute approximate surface area is 127 Å². The van der Waals surface area contributed by atoms with Crippen LogP contribution in [0.1, 0.15) is 24.6 Å². The van der Waals surface area contributed by atoms with Crippen LogP contribution in [0.25, 0.3) is 16.4 Å². The SMILES string of the molecule is CN1CCC(c2nnc3c4ccccc4c(Cl)nn23)CC1. The number of nitrogens with zero attached hydrogens (tertiary/aromatic N) is 5. The molecule has 5 nitrogen and oxygen atoms in total. The van der Waals surface area contributed by atoms with Crippen LogP contribution in [0.4, 0.5) is 0 Å². The average Bonchev–Trinajstić information content (AvgIpc) is 2.92. The van der Waals surface area contributed by atoms with E-state index in [4.69, 9.17) is 11.6 Å². The third kappa shape index (κ3) is 2.08. The van der Waals surface area contributed by atoms with Gasteiger partial charge in [0.15, 0.2) is 16.6 Å². The fraction of sp³-hybridized carbons (Fsp3) is 0.400. The second kappa shape index (κ2) is 4.93. The Morgan fingerprint density at radius 1 is 1.10 bits per heavy atom. The monoisotopic (exact) mass is 301 g/mol. The summed E-state index contributed by atoms with van der Waals surface area (Å²) >= 11 is 6.33. The summed E-state index contributed by atoms with van der Waals surface area (Å²) in [6, 6.07) is 7.93. The molecule has 2 aromatic heterocycles. The van der Waals surface area contributed by atoms with Crippen molar-refractivity contribution >= 4 is 28.0 Å². The van der Waals surface area contributed by atoms with Crippen LogP contribution in [0.5, 0.6) is 0 Å². The molecule has 21 heavy (non-hydrogen) atoms. The van der Waals surface area contributed by atoms with Gasteiger partial charge in [0, 0.05) is 16.7 Å². The molecule has 3 heterocycles. The van der Waals surface area contributed by atoms with E-state index in [0.717, 1.165) is 48.2 Å². The van der Waals surface area contributed by atoms with Gasteiger partial charge in [0.2, 0.25) is 0 Å². The van der Waals surface area contributed by atoms with Crippen LogP contribution in [0, 0.1) is 0 Å². The normalized spacial score (nSPS) is 17.8. The minimum Gasteiger partial charge on any atom is -0.306 e. The lowest BCUT2D eigenvalue weighted by Gasteiger charge is -2.27. The molecule has 0 spiro atoms. The molecule has 1 aromatic carbocycles. The number of halogens is 1. The van der Waals surface area contributed by atoms with Crippen LogP contribution in [0.2, 0.25) is 5.15 Å². The van der Waals surface area contributed by atoms with Crippen LogP contribution >= 0.6 is 11.6 Å². The highest BCUT2D eigenvalue weighted by molar-refractivity contribution is 6.34. The number of likely N-dealkylation sites (tertiary alicyclic amines) is 1. The van der Waals surface area contributed by atoms with Crippen molar-refractivity contribution in [1.29, 1.82) is 0 Å². The van der Waals surface area contributed by atoms with E-state index in [0.29, 0.717) is 11.1 Å². The van der Waals surface area contributed by atoms with E-state index in [-0.39, 0.29) is 0 Å². The molecular formula is C15H16ClN5. The van der Waals surface area contributed by atoms with Gasteiger partial charge in [-0.1, -0.05) is 35.9 Å². The molecule has 0 saturated carbocycles. The number of hydrogen-bond donors (Lipinski definition) is 0. The zero-order valence-corrected chi connectivity index (χ0v) is 12.6. The summed E-state index contributed by atoms with van der Waals surface area (Å²) in [5, 5.41) is 15.7. The summed E-state index contributed by atoms with van der Waals surface area (Å²) in [7, 11) is 2.15. The Kier molecular flexibility index (Phi) is 3.05. The number of aromatic nitrogens is 4. The van der Waals surface area contributed by atoms with E-state index in [9.17, 15) is 0 Å². The van der Waals surface area contributed by atoms with Gasteiger partial charge in [0.05, 0.1) is 0 Å². The molecule has 1 aliphatic heterocycles. The van der Waals surface area contributed by atoms with Crippen molar-refractivity contribution in [3.63, 3.8) is 0 Å². The maximum Gasteiger partial charge on any atom is 0.185 e. The highest BCUT2D eigenvalue weighted by atomic mass is 35.5. The first kappa shape index (κ1) is 13.0. The van der Waals surface area contributed by atoms with Gasteiger partial charge in [-0.15, -0.1) is 10.2 Å². The Hall–Kier alpha value is -1.72. The first-order valence-electron chi connectivity index (χ1n) is 7.22. The molecule has 0 radical (unpaired) electrons. The first-order valence-corrected chi connectivity index (χ1v) is 7.60. The maximum atomic E-state index is 6.33. The van der Waals surface area contributed by atoms with E-state index in [1.807, 2.05) is 28.8 Å². The molecule has 0 atom stereocenters. The summed E-state index contributed by atoms with van der Waals surface area (Å²) in [6.45, 7) is 2.17. The summed E-state index contributed by atoms with van der Waals surface area (Å²) in [5.74, 6) is 1.34. The fourth-order valence-electron chi connectivity index (χ4n) is 3.08. The van der Waals surface area contributed by atoms with E-state index >= 15 is 0 Å². The van der Waals surface area contributed by atoms with Gasteiger partial charge < -0.3 is 4.90 Å². The lowest BCUT2D eigenvalue weighted by molar-refractivity contribution is 0.250. The number of hydrogen-bond acceptors (Lipinski definition) is 4. The van der Waals surface area contributed by atoms with Gasteiger partial charge in [-0.3, -0.25) is 0 Å². The standard InChI is InChI=1S/C15H16ClN5/c1-20-8-6-10(7-9-20)14-17-18-15-12-5-3-2-4-11(12)13(16)19-21(14)15/h2-5,10H,6-9H2,1H3. The van der Waals surface area contributed by atoms with E-state index in [1.54, 1.807) is 0 Å². The topological polar surface area (TPSA) is 46.3 Å². The van der Waals surface area contributed by atoms with Gasteiger partial charge in [-0.2, -0.15) is 9.61 Å². The molecule has 1 saturated heterocycles. The summed E-state index contributed by atoms with van der Waals surface area (Å²) in [4.78, 5) is 2.34. The Bertz CT molecular complexity index is 804. The van der Waals surface area contributed by atoms with E-state index in [1.165, 1.54) is 0 Å². The molecule has 6 heteroatoms. The lowest BCUT2D eigenvalue weighted by atomic mass is 9.96. The minimum absolute atomic E-state index is 0.404. The van der Waals surface area contributed by atoms with Crippen molar-refractivity contribution in [2.24, 2.45) is 0 Å². The molecule has 108 valence electrons. The number of benzene rings is 1. The van der Waals surface area contributed by atoms with Crippen LogP contribution in [-0.4, -0.2) is 44.8 Å². The first-order chi connectivity index (χ1) is 10.2. The largest absolute Gasteiger partial charge is 0.306 e. The Balaban J connectivity index is 1.88. The lowest BCUT2D eigenvalue weighted by Crippen LogP contribution is -2.30.